The van der Waals surface area contributed by atoms with Crippen LogP contribution in [0.4, 0.5) is 5.82 Å². The van der Waals surface area contributed by atoms with Gasteiger partial charge in [0.25, 0.3) is 0 Å². The van der Waals surface area contributed by atoms with E-state index in [-0.39, 0.29) is 0 Å². The van der Waals surface area contributed by atoms with E-state index in [1.807, 2.05) is 6.08 Å². The Labute approximate surface area is 77.6 Å². The summed E-state index contributed by atoms with van der Waals surface area (Å²) in [5.74, 6) is 1.04. The Hall–Kier alpha value is -1.32. The first-order valence-electron chi connectivity index (χ1n) is 4.67. The molecule has 4 heteroatoms. The third kappa shape index (κ3) is 1.56. The minimum atomic E-state index is 1.00. The standard InChI is InChI=1S/C9H14N4/c1-2-3-6-13-7-4-5-8-9(13)11-12-10-8/h2H,1,3-7H2,(H,10,11,12). The fourth-order valence-corrected chi connectivity index (χ4v) is 1.68. The summed E-state index contributed by atoms with van der Waals surface area (Å²) < 4.78 is 0. The second-order valence-corrected chi connectivity index (χ2v) is 3.26. The SMILES string of the molecule is C=CCCN1CCCc2n[nH]nc21. The maximum atomic E-state index is 4.15. The Morgan fingerprint density at radius 2 is 2.46 bits per heavy atom. The molecule has 1 N–H and O–H groups in total. The van der Waals surface area contributed by atoms with Crippen LogP contribution in [0.1, 0.15) is 18.5 Å². The van der Waals surface area contributed by atoms with E-state index in [2.05, 4.69) is 26.9 Å². The van der Waals surface area contributed by atoms with Gasteiger partial charge in [-0.2, -0.15) is 10.3 Å². The topological polar surface area (TPSA) is 44.8 Å². The van der Waals surface area contributed by atoms with Gasteiger partial charge in [-0.05, 0) is 19.3 Å². The molecule has 13 heavy (non-hydrogen) atoms. The van der Waals surface area contributed by atoms with Gasteiger partial charge in [0.2, 0.25) is 0 Å². The third-order valence-electron chi connectivity index (χ3n) is 2.34. The van der Waals surface area contributed by atoms with Crippen LogP contribution in [-0.4, -0.2) is 28.5 Å². The quantitative estimate of drug-likeness (QED) is 0.706. The van der Waals surface area contributed by atoms with E-state index in [0.717, 1.165) is 37.4 Å². The highest BCUT2D eigenvalue weighted by Gasteiger charge is 2.19. The Bertz CT molecular complexity index is 292. The molecule has 0 aliphatic carbocycles. The van der Waals surface area contributed by atoms with Gasteiger partial charge in [-0.1, -0.05) is 6.08 Å². The largest absolute Gasteiger partial charge is 0.353 e. The molecule has 1 aromatic heterocycles. The minimum Gasteiger partial charge on any atom is -0.353 e. The van der Waals surface area contributed by atoms with Crippen molar-refractivity contribution >= 4 is 5.82 Å². The summed E-state index contributed by atoms with van der Waals surface area (Å²) in [6.45, 7) is 5.81. The molecule has 0 atom stereocenters. The highest BCUT2D eigenvalue weighted by atomic mass is 15.4. The van der Waals surface area contributed by atoms with E-state index in [1.165, 1.54) is 6.42 Å². The number of nitrogens with zero attached hydrogens (tertiary/aromatic N) is 3. The van der Waals surface area contributed by atoms with Gasteiger partial charge >= 0.3 is 0 Å². The van der Waals surface area contributed by atoms with Crippen molar-refractivity contribution in [3.63, 3.8) is 0 Å². The van der Waals surface area contributed by atoms with E-state index in [0.29, 0.717) is 0 Å². The highest BCUT2D eigenvalue weighted by Crippen LogP contribution is 2.21. The summed E-state index contributed by atoms with van der Waals surface area (Å²) in [4.78, 5) is 2.27. The van der Waals surface area contributed by atoms with Gasteiger partial charge in [-0.25, -0.2) is 0 Å². The van der Waals surface area contributed by atoms with Gasteiger partial charge in [-0.15, -0.1) is 11.7 Å². The molecule has 0 saturated carbocycles. The fourth-order valence-electron chi connectivity index (χ4n) is 1.68. The van der Waals surface area contributed by atoms with Gasteiger partial charge in [0.15, 0.2) is 5.82 Å². The predicted molar refractivity (Wildman–Crippen MR) is 51.7 cm³/mol. The molecule has 4 nitrogen and oxygen atoms in total. The molecule has 0 unspecified atom stereocenters. The lowest BCUT2D eigenvalue weighted by Crippen LogP contribution is -2.30. The van der Waals surface area contributed by atoms with Gasteiger partial charge in [0.1, 0.15) is 5.69 Å². The van der Waals surface area contributed by atoms with Crippen LogP contribution in [-0.2, 0) is 6.42 Å². The third-order valence-corrected chi connectivity index (χ3v) is 2.34. The molecule has 0 amide bonds. The maximum absolute atomic E-state index is 4.15. The number of anilines is 1. The van der Waals surface area contributed by atoms with E-state index >= 15 is 0 Å². The van der Waals surface area contributed by atoms with E-state index in [9.17, 15) is 0 Å². The van der Waals surface area contributed by atoms with Crippen molar-refractivity contribution in [2.45, 2.75) is 19.3 Å². The summed E-state index contributed by atoms with van der Waals surface area (Å²) in [6.07, 6.45) is 5.17. The van der Waals surface area contributed by atoms with Crippen LogP contribution >= 0.6 is 0 Å². The number of H-pyrrole nitrogens is 1. The van der Waals surface area contributed by atoms with Crippen LogP contribution < -0.4 is 4.90 Å². The van der Waals surface area contributed by atoms with Crippen LogP contribution in [0.2, 0.25) is 0 Å². The predicted octanol–water partition coefficient (Wildman–Crippen LogP) is 1.13. The highest BCUT2D eigenvalue weighted by molar-refractivity contribution is 5.44. The van der Waals surface area contributed by atoms with Gasteiger partial charge in [0.05, 0.1) is 0 Å². The second-order valence-electron chi connectivity index (χ2n) is 3.26. The summed E-state index contributed by atoms with van der Waals surface area (Å²) in [6, 6.07) is 0. The fraction of sp³-hybridized carbons (Fsp3) is 0.556. The summed E-state index contributed by atoms with van der Waals surface area (Å²) >= 11 is 0. The van der Waals surface area contributed by atoms with Crippen molar-refractivity contribution in [3.05, 3.63) is 18.3 Å². The zero-order valence-electron chi connectivity index (χ0n) is 7.66. The smallest absolute Gasteiger partial charge is 0.174 e. The molecule has 1 aliphatic heterocycles. The molecule has 2 rings (SSSR count). The molecule has 0 bridgehead atoms. The van der Waals surface area contributed by atoms with Crippen LogP contribution in [0.15, 0.2) is 12.7 Å². The number of aryl methyl sites for hydroxylation is 1. The van der Waals surface area contributed by atoms with Crippen molar-refractivity contribution in [2.75, 3.05) is 18.0 Å². The van der Waals surface area contributed by atoms with Crippen molar-refractivity contribution in [1.82, 2.24) is 15.4 Å². The van der Waals surface area contributed by atoms with E-state index < -0.39 is 0 Å². The molecule has 1 aromatic rings. The van der Waals surface area contributed by atoms with Gasteiger partial charge in [0, 0.05) is 13.1 Å². The minimum absolute atomic E-state index is 1.00. The molecule has 2 heterocycles. The zero-order chi connectivity index (χ0) is 9.10. The number of hydrogen-bond acceptors (Lipinski definition) is 3. The van der Waals surface area contributed by atoms with E-state index in [4.69, 9.17) is 0 Å². The van der Waals surface area contributed by atoms with Gasteiger partial charge in [-0.3, -0.25) is 0 Å². The number of fused-ring (bicyclic) bond motifs is 1. The average molecular weight is 178 g/mol. The molecule has 0 aromatic carbocycles. The number of aromatic amines is 1. The first-order valence-corrected chi connectivity index (χ1v) is 4.67. The van der Waals surface area contributed by atoms with Crippen LogP contribution in [0.25, 0.3) is 0 Å². The zero-order valence-corrected chi connectivity index (χ0v) is 7.66. The molecule has 70 valence electrons. The first kappa shape index (κ1) is 8.29. The Kier molecular flexibility index (Phi) is 2.29. The Morgan fingerprint density at radius 3 is 3.31 bits per heavy atom. The molecular formula is C9H14N4. The molecule has 1 aliphatic rings. The molecule has 0 spiro atoms. The van der Waals surface area contributed by atoms with Crippen LogP contribution in [0.3, 0.4) is 0 Å². The van der Waals surface area contributed by atoms with Crippen molar-refractivity contribution < 1.29 is 0 Å². The normalized spacial score (nSPS) is 15.5. The molecule has 0 radical (unpaired) electrons. The summed E-state index contributed by atoms with van der Waals surface area (Å²) in [7, 11) is 0. The number of nitrogens with one attached hydrogen (secondary N) is 1. The first-order chi connectivity index (χ1) is 6.42. The lowest BCUT2D eigenvalue weighted by atomic mass is 10.1. The van der Waals surface area contributed by atoms with Crippen LogP contribution in [0, 0.1) is 0 Å². The monoisotopic (exact) mass is 178 g/mol. The van der Waals surface area contributed by atoms with E-state index in [1.54, 1.807) is 0 Å². The average Bonchev–Trinajstić information content (AvgIpc) is 2.62. The second kappa shape index (κ2) is 3.60. The van der Waals surface area contributed by atoms with Crippen molar-refractivity contribution in [3.8, 4) is 0 Å². The number of hydrogen-bond donors (Lipinski definition) is 1. The van der Waals surface area contributed by atoms with Gasteiger partial charge < -0.3 is 4.90 Å². The van der Waals surface area contributed by atoms with Crippen molar-refractivity contribution in [1.29, 1.82) is 0 Å². The molecule has 0 fully saturated rings. The number of rotatable bonds is 3. The molecular weight excluding hydrogens is 164 g/mol. The maximum Gasteiger partial charge on any atom is 0.174 e. The Balaban J connectivity index is 2.10. The molecule has 0 saturated heterocycles. The summed E-state index contributed by atoms with van der Waals surface area (Å²) in [5, 5.41) is 10.9. The Morgan fingerprint density at radius 1 is 1.54 bits per heavy atom. The lowest BCUT2D eigenvalue weighted by Gasteiger charge is -2.25. The lowest BCUT2D eigenvalue weighted by molar-refractivity contribution is 0.679. The summed E-state index contributed by atoms with van der Waals surface area (Å²) in [5.41, 5.74) is 1.11. The van der Waals surface area contributed by atoms with Crippen LogP contribution in [0.5, 0.6) is 0 Å². The van der Waals surface area contributed by atoms with Crippen molar-refractivity contribution in [2.24, 2.45) is 0 Å². The number of aromatic nitrogens is 3.